The van der Waals surface area contributed by atoms with E-state index < -0.39 is 5.54 Å². The number of ether oxygens (including phenoxy) is 2. The van der Waals surface area contributed by atoms with Crippen molar-refractivity contribution in [3.05, 3.63) is 0 Å². The molecule has 0 spiro atoms. The smallest absolute Gasteiger partial charge is 0.326 e. The topological polar surface area (TPSA) is 47.6 Å². The molecule has 92 valence electrons. The van der Waals surface area contributed by atoms with Crippen molar-refractivity contribution < 1.29 is 14.3 Å². The van der Waals surface area contributed by atoms with Gasteiger partial charge in [-0.2, -0.15) is 0 Å². The zero-order valence-electron chi connectivity index (χ0n) is 10.1. The van der Waals surface area contributed by atoms with Crippen LogP contribution in [0.2, 0.25) is 0 Å². The van der Waals surface area contributed by atoms with Crippen molar-refractivity contribution >= 4 is 5.97 Å². The van der Waals surface area contributed by atoms with Gasteiger partial charge < -0.3 is 14.8 Å². The first-order valence-corrected chi connectivity index (χ1v) is 6.15. The maximum absolute atomic E-state index is 11.9. The van der Waals surface area contributed by atoms with Crippen molar-refractivity contribution in [1.82, 2.24) is 5.32 Å². The highest BCUT2D eigenvalue weighted by Gasteiger charge is 2.51. The predicted molar refractivity (Wildman–Crippen MR) is 60.1 cm³/mol. The Kier molecular flexibility index (Phi) is 3.50. The number of hydrogen-bond acceptors (Lipinski definition) is 4. The summed E-state index contributed by atoms with van der Waals surface area (Å²) in [5.41, 5.74) is -0.459. The van der Waals surface area contributed by atoms with Gasteiger partial charge in [-0.15, -0.1) is 0 Å². The molecule has 0 aliphatic heterocycles. The number of nitrogens with one attached hydrogen (secondary N) is 1. The number of rotatable bonds is 6. The van der Waals surface area contributed by atoms with E-state index in [2.05, 4.69) is 5.32 Å². The Morgan fingerprint density at radius 3 is 2.62 bits per heavy atom. The Morgan fingerprint density at radius 2 is 2.12 bits per heavy atom. The minimum Gasteiger partial charge on any atom is -0.465 e. The van der Waals surface area contributed by atoms with Crippen LogP contribution in [0.3, 0.4) is 0 Å². The average molecular weight is 227 g/mol. The molecule has 0 unspecified atom stereocenters. The number of esters is 1. The number of methoxy groups -OCH3 is 1. The van der Waals surface area contributed by atoms with Crippen molar-refractivity contribution in [3.63, 3.8) is 0 Å². The molecule has 0 radical (unpaired) electrons. The molecule has 0 atom stereocenters. The van der Waals surface area contributed by atoms with E-state index in [1.807, 2.05) is 6.92 Å². The summed E-state index contributed by atoms with van der Waals surface area (Å²) in [5.74, 6) is 0.664. The van der Waals surface area contributed by atoms with Crippen LogP contribution in [0.5, 0.6) is 0 Å². The second-order valence-electron chi connectivity index (χ2n) is 4.89. The van der Waals surface area contributed by atoms with Crippen LogP contribution in [-0.2, 0) is 14.3 Å². The van der Waals surface area contributed by atoms with Gasteiger partial charge in [0.25, 0.3) is 0 Å². The second kappa shape index (κ2) is 4.72. The third-order valence-corrected chi connectivity index (χ3v) is 3.58. The fraction of sp³-hybridized carbons (Fsp3) is 0.917. The highest BCUT2D eigenvalue weighted by Crippen LogP contribution is 2.37. The maximum atomic E-state index is 11.9. The van der Waals surface area contributed by atoms with Gasteiger partial charge in [-0.1, -0.05) is 0 Å². The van der Waals surface area contributed by atoms with E-state index >= 15 is 0 Å². The van der Waals surface area contributed by atoms with E-state index in [1.54, 1.807) is 7.11 Å². The van der Waals surface area contributed by atoms with Gasteiger partial charge in [0.05, 0.1) is 12.7 Å². The molecule has 2 saturated carbocycles. The summed E-state index contributed by atoms with van der Waals surface area (Å²) in [6.45, 7) is 3.23. The summed E-state index contributed by atoms with van der Waals surface area (Å²) in [5, 5.41) is 3.39. The quantitative estimate of drug-likeness (QED) is 0.690. The summed E-state index contributed by atoms with van der Waals surface area (Å²) in [6.07, 6.45) is 4.28. The molecule has 0 aromatic rings. The van der Waals surface area contributed by atoms with E-state index in [9.17, 15) is 4.79 Å². The Bertz CT molecular complexity index is 257. The fourth-order valence-electron chi connectivity index (χ4n) is 2.20. The summed E-state index contributed by atoms with van der Waals surface area (Å²) < 4.78 is 10.4. The normalized spacial score (nSPS) is 33.2. The monoisotopic (exact) mass is 227 g/mol. The predicted octanol–water partition coefficient (Wildman–Crippen LogP) is 1.10. The highest BCUT2D eigenvalue weighted by atomic mass is 16.5. The van der Waals surface area contributed by atoms with E-state index in [-0.39, 0.29) is 12.1 Å². The molecule has 2 aliphatic rings. The lowest BCUT2D eigenvalue weighted by molar-refractivity contribution is -0.162. The van der Waals surface area contributed by atoms with Crippen LogP contribution in [0.1, 0.15) is 32.6 Å². The number of carbonyl (C=O) groups is 1. The first-order chi connectivity index (χ1) is 7.70. The van der Waals surface area contributed by atoms with E-state index in [1.165, 1.54) is 12.8 Å². The van der Waals surface area contributed by atoms with Crippen LogP contribution in [0.15, 0.2) is 0 Å². The van der Waals surface area contributed by atoms with Crippen LogP contribution < -0.4 is 5.32 Å². The molecule has 4 heteroatoms. The van der Waals surface area contributed by atoms with Crippen LogP contribution in [-0.4, -0.2) is 37.9 Å². The lowest BCUT2D eigenvalue weighted by Crippen LogP contribution is -2.64. The van der Waals surface area contributed by atoms with Crippen LogP contribution in [0.25, 0.3) is 0 Å². The largest absolute Gasteiger partial charge is 0.465 e. The molecule has 0 aromatic carbocycles. The second-order valence-corrected chi connectivity index (χ2v) is 4.89. The molecule has 2 rings (SSSR count). The van der Waals surface area contributed by atoms with Crippen LogP contribution in [0.4, 0.5) is 0 Å². The Labute approximate surface area is 96.7 Å². The minimum atomic E-state index is -0.459. The van der Waals surface area contributed by atoms with Gasteiger partial charge in [0.1, 0.15) is 5.54 Å². The number of hydrogen-bond donors (Lipinski definition) is 1. The molecular formula is C12H21NO3. The molecule has 2 fully saturated rings. The van der Waals surface area contributed by atoms with Gasteiger partial charge in [0.2, 0.25) is 0 Å². The Balaban J connectivity index is 1.87. The molecule has 4 nitrogen and oxygen atoms in total. The maximum Gasteiger partial charge on any atom is 0.326 e. The van der Waals surface area contributed by atoms with E-state index in [0.29, 0.717) is 6.61 Å². The zero-order valence-corrected chi connectivity index (χ0v) is 10.1. The molecule has 0 saturated heterocycles. The first kappa shape index (κ1) is 11.9. The van der Waals surface area contributed by atoms with Gasteiger partial charge in [0, 0.05) is 20.0 Å². The van der Waals surface area contributed by atoms with Crippen LogP contribution in [0, 0.1) is 5.92 Å². The molecular weight excluding hydrogens is 206 g/mol. The van der Waals surface area contributed by atoms with E-state index in [4.69, 9.17) is 9.47 Å². The molecule has 0 bridgehead atoms. The molecule has 0 amide bonds. The summed E-state index contributed by atoms with van der Waals surface area (Å²) in [7, 11) is 1.70. The molecule has 16 heavy (non-hydrogen) atoms. The zero-order chi connectivity index (χ0) is 11.6. The molecule has 0 heterocycles. The summed E-state index contributed by atoms with van der Waals surface area (Å²) >= 11 is 0. The van der Waals surface area contributed by atoms with Crippen molar-refractivity contribution in [2.24, 2.45) is 5.92 Å². The highest BCUT2D eigenvalue weighted by molar-refractivity contribution is 5.82. The molecule has 2 aliphatic carbocycles. The van der Waals surface area contributed by atoms with E-state index in [0.717, 1.165) is 25.3 Å². The van der Waals surface area contributed by atoms with Crippen molar-refractivity contribution in [2.75, 3.05) is 20.3 Å². The SMILES string of the molecule is CCOC(=O)C1(NCC2CC2)CC(OC)C1. The number of carbonyl (C=O) groups excluding carboxylic acids is 1. The molecule has 1 N–H and O–H groups in total. The van der Waals surface area contributed by atoms with Crippen molar-refractivity contribution in [3.8, 4) is 0 Å². The van der Waals surface area contributed by atoms with Crippen molar-refractivity contribution in [1.29, 1.82) is 0 Å². The minimum absolute atomic E-state index is 0.107. The van der Waals surface area contributed by atoms with Gasteiger partial charge in [-0.3, -0.25) is 4.79 Å². The fourth-order valence-corrected chi connectivity index (χ4v) is 2.20. The first-order valence-electron chi connectivity index (χ1n) is 6.15. The third-order valence-electron chi connectivity index (χ3n) is 3.58. The Morgan fingerprint density at radius 1 is 1.44 bits per heavy atom. The van der Waals surface area contributed by atoms with Crippen molar-refractivity contribution in [2.45, 2.75) is 44.2 Å². The van der Waals surface area contributed by atoms with Gasteiger partial charge in [-0.25, -0.2) is 0 Å². The van der Waals surface area contributed by atoms with Crippen LogP contribution >= 0.6 is 0 Å². The van der Waals surface area contributed by atoms with Gasteiger partial charge >= 0.3 is 5.97 Å². The Hall–Kier alpha value is -0.610. The summed E-state index contributed by atoms with van der Waals surface area (Å²) in [6, 6.07) is 0. The van der Waals surface area contributed by atoms with Gasteiger partial charge in [0.15, 0.2) is 0 Å². The average Bonchev–Trinajstić information content (AvgIpc) is 3.00. The molecule has 0 aromatic heterocycles. The standard InChI is InChI=1S/C12H21NO3/c1-3-16-11(14)12(6-10(7-12)15-2)13-8-9-4-5-9/h9-10,13H,3-8H2,1-2H3. The lowest BCUT2D eigenvalue weighted by Gasteiger charge is -2.45. The lowest BCUT2D eigenvalue weighted by atomic mass is 9.74. The third kappa shape index (κ3) is 2.38. The summed E-state index contributed by atoms with van der Waals surface area (Å²) in [4.78, 5) is 11.9. The van der Waals surface area contributed by atoms with Gasteiger partial charge in [-0.05, 0) is 32.2 Å².